The number of fused-ring (bicyclic) bond motifs is 1. The van der Waals surface area contributed by atoms with E-state index in [1.54, 1.807) is 12.1 Å². The van der Waals surface area contributed by atoms with Gasteiger partial charge in [0.25, 0.3) is 0 Å². The molecule has 3 nitrogen and oxygen atoms in total. The van der Waals surface area contributed by atoms with Crippen molar-refractivity contribution in [3.63, 3.8) is 0 Å². The first-order valence-corrected chi connectivity index (χ1v) is 13.4. The van der Waals surface area contributed by atoms with Crippen LogP contribution in [0.2, 0.25) is 0 Å². The third-order valence-electron chi connectivity index (χ3n) is 5.98. The molecule has 0 aliphatic carbocycles. The largest absolute Gasteiger partial charge is 1.00 e. The molecule has 5 heteroatoms. The Balaban J connectivity index is 0.00000480. The molecule has 0 atom stereocenters. The summed E-state index contributed by atoms with van der Waals surface area (Å²) in [6, 6.07) is 9.54. The maximum absolute atomic E-state index is 11.7. The Labute approximate surface area is 212 Å². The fraction of sp³-hybridized carbons (Fsp3) is 0.615. The molecule has 0 N–H and O–H groups in total. The van der Waals surface area contributed by atoms with Gasteiger partial charge >= 0.3 is 29.6 Å². The number of hydrogen-bond donors (Lipinski definition) is 0. The van der Waals surface area contributed by atoms with Crippen LogP contribution in [0.1, 0.15) is 102 Å². The summed E-state index contributed by atoms with van der Waals surface area (Å²) in [5, 5.41) is 1.97. The Kier molecular flexibility index (Phi) is 14.3. The van der Waals surface area contributed by atoms with Crippen LogP contribution in [0.5, 0.6) is 0 Å². The Hall–Kier alpha value is -0.390. The van der Waals surface area contributed by atoms with Gasteiger partial charge in [0.05, 0.1) is 4.90 Å². The fourth-order valence-electron chi connectivity index (χ4n) is 4.18. The summed E-state index contributed by atoms with van der Waals surface area (Å²) in [6.45, 7) is 4.44. The van der Waals surface area contributed by atoms with Crippen LogP contribution in [0.4, 0.5) is 0 Å². The molecule has 0 saturated heterocycles. The van der Waals surface area contributed by atoms with Crippen molar-refractivity contribution in [2.75, 3.05) is 0 Å². The summed E-state index contributed by atoms with van der Waals surface area (Å²) in [5.74, 6) is 0. The van der Waals surface area contributed by atoms with E-state index in [1.807, 2.05) is 0 Å². The fourth-order valence-corrected chi connectivity index (χ4v) is 4.74. The molecule has 2 aromatic rings. The van der Waals surface area contributed by atoms with Gasteiger partial charge in [-0.2, -0.15) is 0 Å². The van der Waals surface area contributed by atoms with Crippen LogP contribution >= 0.6 is 0 Å². The van der Waals surface area contributed by atoms with Gasteiger partial charge in [0.1, 0.15) is 10.1 Å². The quantitative estimate of drug-likeness (QED) is 0.225. The second kappa shape index (κ2) is 15.4. The van der Waals surface area contributed by atoms with Crippen molar-refractivity contribution < 1.29 is 42.5 Å². The Morgan fingerprint density at radius 3 is 1.84 bits per heavy atom. The molecule has 31 heavy (non-hydrogen) atoms. The number of unbranched alkanes of at least 4 members (excludes halogenated alkanes) is 10. The average molecular weight is 455 g/mol. The summed E-state index contributed by atoms with van der Waals surface area (Å²) in [7, 11) is -4.45. The summed E-state index contributed by atoms with van der Waals surface area (Å²) in [6.07, 6.45) is 16.5. The van der Waals surface area contributed by atoms with Crippen molar-refractivity contribution in [2.45, 2.75) is 109 Å². The molecular weight excluding hydrogens is 415 g/mol. The van der Waals surface area contributed by atoms with Gasteiger partial charge in [0.2, 0.25) is 0 Å². The summed E-state index contributed by atoms with van der Waals surface area (Å²) < 4.78 is 35.1. The molecule has 168 valence electrons. The second-order valence-electron chi connectivity index (χ2n) is 8.63. The first-order valence-electron chi connectivity index (χ1n) is 12.0. The summed E-state index contributed by atoms with van der Waals surface area (Å²) in [4.78, 5) is -0.0901. The van der Waals surface area contributed by atoms with Gasteiger partial charge < -0.3 is 4.55 Å². The molecule has 0 aliphatic heterocycles. The minimum absolute atomic E-state index is 0. The van der Waals surface area contributed by atoms with E-state index < -0.39 is 10.1 Å². The van der Waals surface area contributed by atoms with Crippen molar-refractivity contribution in [3.8, 4) is 0 Å². The maximum Gasteiger partial charge on any atom is 1.00 e. The van der Waals surface area contributed by atoms with Gasteiger partial charge in [-0.05, 0) is 59.7 Å². The zero-order valence-corrected chi connectivity index (χ0v) is 22.7. The van der Waals surface area contributed by atoms with Crippen molar-refractivity contribution in [1.82, 2.24) is 0 Å². The topological polar surface area (TPSA) is 57.2 Å². The molecule has 0 radical (unpaired) electrons. The number of hydrogen-bond acceptors (Lipinski definition) is 3. The van der Waals surface area contributed by atoms with Gasteiger partial charge in [-0.3, -0.25) is 0 Å². The standard InChI is InChI=1S/C26H40O3S.Na/c1-3-5-7-9-11-13-15-22-17-18-26-23(16-14-12-10-8-6-4-2)20-25(30(27,28)29)21-24(26)19-22;/h17-21H,3-16H2,1-2H3,(H,27,28,29);/q;+1/p-1. The smallest absolute Gasteiger partial charge is 0.744 e. The minimum Gasteiger partial charge on any atom is -0.744 e. The van der Waals surface area contributed by atoms with Crippen LogP contribution in [-0.2, 0) is 23.0 Å². The molecule has 2 rings (SSSR count). The zero-order chi connectivity index (χ0) is 21.8. The monoisotopic (exact) mass is 454 g/mol. The molecule has 0 spiro atoms. The van der Waals surface area contributed by atoms with Crippen molar-refractivity contribution in [1.29, 1.82) is 0 Å². The van der Waals surface area contributed by atoms with Gasteiger partial charge in [0, 0.05) is 0 Å². The van der Waals surface area contributed by atoms with E-state index in [9.17, 15) is 13.0 Å². The van der Waals surface area contributed by atoms with E-state index in [4.69, 9.17) is 0 Å². The van der Waals surface area contributed by atoms with Crippen LogP contribution in [0, 0.1) is 0 Å². The first-order chi connectivity index (χ1) is 14.5. The van der Waals surface area contributed by atoms with E-state index in [0.29, 0.717) is 0 Å². The van der Waals surface area contributed by atoms with Gasteiger partial charge in [-0.15, -0.1) is 0 Å². The van der Waals surface area contributed by atoms with E-state index in [-0.39, 0.29) is 34.5 Å². The molecule has 0 heterocycles. The first kappa shape index (κ1) is 28.6. The van der Waals surface area contributed by atoms with Crippen LogP contribution in [-0.4, -0.2) is 13.0 Å². The Morgan fingerprint density at radius 2 is 1.26 bits per heavy atom. The van der Waals surface area contributed by atoms with Crippen LogP contribution < -0.4 is 29.6 Å². The third-order valence-corrected chi connectivity index (χ3v) is 6.80. The van der Waals surface area contributed by atoms with Gasteiger partial charge in [0.15, 0.2) is 0 Å². The Morgan fingerprint density at radius 1 is 0.710 bits per heavy atom. The van der Waals surface area contributed by atoms with Crippen LogP contribution in [0.3, 0.4) is 0 Å². The molecule has 0 aromatic heterocycles. The molecule has 0 bridgehead atoms. The maximum atomic E-state index is 11.7. The van der Waals surface area contributed by atoms with Crippen molar-refractivity contribution in [2.24, 2.45) is 0 Å². The minimum atomic E-state index is -4.45. The Bertz CT molecular complexity index is 878. The number of rotatable bonds is 15. The number of benzene rings is 2. The average Bonchev–Trinajstić information content (AvgIpc) is 2.72. The van der Waals surface area contributed by atoms with Crippen molar-refractivity contribution in [3.05, 3.63) is 41.5 Å². The van der Waals surface area contributed by atoms with Crippen LogP contribution in [0.25, 0.3) is 10.8 Å². The van der Waals surface area contributed by atoms with E-state index in [1.165, 1.54) is 63.4 Å². The predicted molar refractivity (Wildman–Crippen MR) is 126 cm³/mol. The molecule has 0 fully saturated rings. The molecule has 0 saturated carbocycles. The second-order valence-corrected chi connectivity index (χ2v) is 10.0. The molecule has 0 aliphatic rings. The van der Waals surface area contributed by atoms with Gasteiger partial charge in [-0.25, -0.2) is 8.42 Å². The SMILES string of the molecule is CCCCCCCCc1ccc2c(CCCCCCCC)cc(S(=O)(=O)[O-])cc2c1.[Na+]. The molecular formula is C26H39NaO3S. The molecule has 2 aromatic carbocycles. The van der Waals surface area contributed by atoms with Gasteiger partial charge in [-0.1, -0.05) is 96.3 Å². The predicted octanol–water partition coefficient (Wildman–Crippen LogP) is 4.55. The van der Waals surface area contributed by atoms with E-state index in [0.717, 1.165) is 48.4 Å². The van der Waals surface area contributed by atoms with Crippen molar-refractivity contribution >= 4 is 20.9 Å². The van der Waals surface area contributed by atoms with E-state index in [2.05, 4.69) is 32.0 Å². The zero-order valence-electron chi connectivity index (χ0n) is 19.9. The summed E-state index contributed by atoms with van der Waals surface area (Å²) >= 11 is 0. The third kappa shape index (κ3) is 10.4. The summed E-state index contributed by atoms with van der Waals surface area (Å²) in [5.41, 5.74) is 2.22. The molecule has 0 amide bonds. The molecule has 0 unspecified atom stereocenters. The normalized spacial score (nSPS) is 11.6. The number of aryl methyl sites for hydroxylation is 2. The van der Waals surface area contributed by atoms with Crippen LogP contribution in [0.15, 0.2) is 35.2 Å². The van der Waals surface area contributed by atoms with E-state index >= 15 is 0 Å².